The predicted molar refractivity (Wildman–Crippen MR) is 69.3 cm³/mol. The molecule has 2 aromatic rings. The first-order valence-electron chi connectivity index (χ1n) is 5.66. The van der Waals surface area contributed by atoms with E-state index in [2.05, 4.69) is 5.32 Å². The fraction of sp³-hybridized carbons (Fsp3) is 0.143. The molecule has 4 nitrogen and oxygen atoms in total. The van der Waals surface area contributed by atoms with Gasteiger partial charge in [0.15, 0.2) is 0 Å². The fourth-order valence-corrected chi connectivity index (χ4v) is 1.66. The second-order valence-corrected chi connectivity index (χ2v) is 3.98. The van der Waals surface area contributed by atoms with Crippen LogP contribution in [0.5, 0.6) is 0 Å². The largest absolute Gasteiger partial charge is 0.347 e. The summed E-state index contributed by atoms with van der Waals surface area (Å²) >= 11 is 0. The van der Waals surface area contributed by atoms with Crippen molar-refractivity contribution < 1.29 is 4.79 Å². The Kier molecular flexibility index (Phi) is 3.57. The second-order valence-electron chi connectivity index (χ2n) is 3.98. The molecule has 4 heteroatoms. The summed E-state index contributed by atoms with van der Waals surface area (Å²) in [4.78, 5) is 23.3. The van der Waals surface area contributed by atoms with Crippen molar-refractivity contribution in [3.05, 3.63) is 70.1 Å². The summed E-state index contributed by atoms with van der Waals surface area (Å²) < 4.78 is 1.33. The number of benzene rings is 1. The SMILES string of the molecule is Cn1c(C(=O)NCc2ccccc2)cccc1=O. The van der Waals surface area contributed by atoms with Crippen molar-refractivity contribution in [2.45, 2.75) is 6.54 Å². The number of carbonyl (C=O) groups excluding carboxylic acids is 1. The van der Waals surface area contributed by atoms with Gasteiger partial charge in [-0.05, 0) is 11.6 Å². The molecule has 0 aliphatic heterocycles. The predicted octanol–water partition coefficient (Wildman–Crippen LogP) is 1.32. The third kappa shape index (κ3) is 2.66. The molecule has 0 fully saturated rings. The maximum atomic E-state index is 11.9. The summed E-state index contributed by atoms with van der Waals surface area (Å²) in [7, 11) is 1.58. The Morgan fingerprint density at radius 1 is 1.11 bits per heavy atom. The van der Waals surface area contributed by atoms with Crippen LogP contribution in [0.3, 0.4) is 0 Å². The third-order valence-electron chi connectivity index (χ3n) is 2.71. The zero-order valence-corrected chi connectivity index (χ0v) is 10.1. The summed E-state index contributed by atoms with van der Waals surface area (Å²) in [5.74, 6) is -0.251. The number of pyridine rings is 1. The van der Waals surface area contributed by atoms with E-state index in [4.69, 9.17) is 0 Å². The first-order chi connectivity index (χ1) is 8.68. The summed E-state index contributed by atoms with van der Waals surface area (Å²) in [5.41, 5.74) is 1.19. The van der Waals surface area contributed by atoms with Crippen molar-refractivity contribution in [3.8, 4) is 0 Å². The molecule has 18 heavy (non-hydrogen) atoms. The number of hydrogen-bond donors (Lipinski definition) is 1. The highest BCUT2D eigenvalue weighted by Gasteiger charge is 2.08. The van der Waals surface area contributed by atoms with Crippen LogP contribution >= 0.6 is 0 Å². The van der Waals surface area contributed by atoms with E-state index in [0.29, 0.717) is 12.2 Å². The van der Waals surface area contributed by atoms with E-state index in [0.717, 1.165) is 5.56 Å². The Morgan fingerprint density at radius 2 is 1.83 bits per heavy atom. The number of aromatic nitrogens is 1. The monoisotopic (exact) mass is 242 g/mol. The fourth-order valence-electron chi connectivity index (χ4n) is 1.66. The van der Waals surface area contributed by atoms with Crippen LogP contribution in [0.2, 0.25) is 0 Å². The Bertz CT molecular complexity index is 603. The molecule has 0 saturated carbocycles. The Morgan fingerprint density at radius 3 is 2.56 bits per heavy atom. The van der Waals surface area contributed by atoms with E-state index in [-0.39, 0.29) is 11.5 Å². The van der Waals surface area contributed by atoms with Crippen molar-refractivity contribution in [1.82, 2.24) is 9.88 Å². The minimum atomic E-state index is -0.251. The summed E-state index contributed by atoms with van der Waals surface area (Å²) in [6, 6.07) is 14.3. The van der Waals surface area contributed by atoms with Crippen molar-refractivity contribution in [3.63, 3.8) is 0 Å². The molecule has 0 unspecified atom stereocenters. The number of rotatable bonds is 3. The van der Waals surface area contributed by atoms with Crippen LogP contribution in [0.1, 0.15) is 16.1 Å². The number of amides is 1. The van der Waals surface area contributed by atoms with Crippen LogP contribution < -0.4 is 10.9 Å². The van der Waals surface area contributed by atoms with Crippen molar-refractivity contribution >= 4 is 5.91 Å². The van der Waals surface area contributed by atoms with Crippen LogP contribution in [0, 0.1) is 0 Å². The van der Waals surface area contributed by atoms with Gasteiger partial charge in [0.05, 0.1) is 0 Å². The molecule has 0 saturated heterocycles. The highest BCUT2D eigenvalue weighted by molar-refractivity contribution is 5.92. The Balaban J connectivity index is 2.09. The standard InChI is InChI=1S/C14H14N2O2/c1-16-12(8-5-9-13(16)17)14(18)15-10-11-6-3-2-4-7-11/h2-9H,10H2,1H3,(H,15,18). The van der Waals surface area contributed by atoms with Crippen LogP contribution in [-0.2, 0) is 13.6 Å². The minimum Gasteiger partial charge on any atom is -0.347 e. The Labute approximate surface area is 105 Å². The van der Waals surface area contributed by atoms with Crippen molar-refractivity contribution in [1.29, 1.82) is 0 Å². The van der Waals surface area contributed by atoms with Gasteiger partial charge >= 0.3 is 0 Å². The summed E-state index contributed by atoms with van der Waals surface area (Å²) in [6.07, 6.45) is 0. The molecule has 1 amide bonds. The molecule has 0 radical (unpaired) electrons. The van der Waals surface area contributed by atoms with Gasteiger partial charge in [0.25, 0.3) is 11.5 Å². The third-order valence-corrected chi connectivity index (χ3v) is 2.71. The van der Waals surface area contributed by atoms with Gasteiger partial charge in [-0.3, -0.25) is 9.59 Å². The molecule has 1 N–H and O–H groups in total. The number of hydrogen-bond acceptors (Lipinski definition) is 2. The van der Waals surface area contributed by atoms with E-state index < -0.39 is 0 Å². The molecule has 0 aliphatic carbocycles. The molecule has 92 valence electrons. The smallest absolute Gasteiger partial charge is 0.268 e. The average Bonchev–Trinajstić information content (AvgIpc) is 2.40. The van der Waals surface area contributed by atoms with E-state index >= 15 is 0 Å². The van der Waals surface area contributed by atoms with E-state index in [1.54, 1.807) is 19.2 Å². The van der Waals surface area contributed by atoms with Gasteiger partial charge in [0, 0.05) is 19.7 Å². The van der Waals surface area contributed by atoms with Gasteiger partial charge in [-0.25, -0.2) is 0 Å². The molecular formula is C14H14N2O2. The first kappa shape index (κ1) is 12.1. The average molecular weight is 242 g/mol. The molecule has 2 rings (SSSR count). The van der Waals surface area contributed by atoms with Gasteiger partial charge in [0.1, 0.15) is 5.69 Å². The molecule has 1 heterocycles. The molecule has 0 aliphatic rings. The highest BCUT2D eigenvalue weighted by Crippen LogP contribution is 1.99. The molecule has 1 aromatic heterocycles. The minimum absolute atomic E-state index is 0.192. The Hall–Kier alpha value is -2.36. The van der Waals surface area contributed by atoms with E-state index in [9.17, 15) is 9.59 Å². The van der Waals surface area contributed by atoms with Crippen molar-refractivity contribution in [2.75, 3.05) is 0 Å². The lowest BCUT2D eigenvalue weighted by Crippen LogP contribution is -2.30. The van der Waals surface area contributed by atoms with Crippen LogP contribution in [0.25, 0.3) is 0 Å². The lowest BCUT2D eigenvalue weighted by molar-refractivity contribution is 0.0941. The zero-order valence-electron chi connectivity index (χ0n) is 10.1. The number of nitrogens with zero attached hydrogens (tertiary/aromatic N) is 1. The normalized spacial score (nSPS) is 10.1. The number of nitrogens with one attached hydrogen (secondary N) is 1. The molecule has 0 atom stereocenters. The highest BCUT2D eigenvalue weighted by atomic mass is 16.2. The quantitative estimate of drug-likeness (QED) is 0.882. The topological polar surface area (TPSA) is 51.1 Å². The number of carbonyl (C=O) groups is 1. The second kappa shape index (κ2) is 5.31. The van der Waals surface area contributed by atoms with Gasteiger partial charge in [-0.2, -0.15) is 0 Å². The zero-order chi connectivity index (χ0) is 13.0. The molecule has 0 bridgehead atoms. The van der Waals surface area contributed by atoms with Gasteiger partial charge in [-0.1, -0.05) is 36.4 Å². The van der Waals surface area contributed by atoms with Gasteiger partial charge in [-0.15, -0.1) is 0 Å². The van der Waals surface area contributed by atoms with Crippen molar-refractivity contribution in [2.24, 2.45) is 7.05 Å². The van der Waals surface area contributed by atoms with Crippen LogP contribution in [0.15, 0.2) is 53.3 Å². The van der Waals surface area contributed by atoms with E-state index in [1.807, 2.05) is 30.3 Å². The lowest BCUT2D eigenvalue weighted by Gasteiger charge is -2.08. The maximum absolute atomic E-state index is 11.9. The van der Waals surface area contributed by atoms with Crippen LogP contribution in [-0.4, -0.2) is 10.5 Å². The molecule has 0 spiro atoms. The first-order valence-corrected chi connectivity index (χ1v) is 5.66. The van der Waals surface area contributed by atoms with Gasteiger partial charge in [0.2, 0.25) is 0 Å². The lowest BCUT2D eigenvalue weighted by atomic mass is 10.2. The van der Waals surface area contributed by atoms with Gasteiger partial charge < -0.3 is 9.88 Å². The van der Waals surface area contributed by atoms with Crippen LogP contribution in [0.4, 0.5) is 0 Å². The summed E-state index contributed by atoms with van der Waals surface area (Å²) in [6.45, 7) is 0.447. The maximum Gasteiger partial charge on any atom is 0.268 e. The molecule has 1 aromatic carbocycles. The summed E-state index contributed by atoms with van der Waals surface area (Å²) in [5, 5.41) is 2.78. The molecular weight excluding hydrogens is 228 g/mol. The van der Waals surface area contributed by atoms with E-state index in [1.165, 1.54) is 10.6 Å².